The molecule has 0 spiro atoms. The van der Waals surface area contributed by atoms with Crippen LogP contribution in [0.5, 0.6) is 0 Å². The van der Waals surface area contributed by atoms with E-state index in [-0.39, 0.29) is 18.1 Å². The van der Waals surface area contributed by atoms with Crippen LogP contribution in [0.1, 0.15) is 18.4 Å². The van der Waals surface area contributed by atoms with Crippen LogP contribution in [0.15, 0.2) is 59.5 Å². The Bertz CT molecular complexity index is 1340. The molecule has 3 heterocycles. The number of rotatable bonds is 5. The molecule has 170 valence electrons. The number of hydrogen-bond acceptors (Lipinski definition) is 5. The highest BCUT2D eigenvalue weighted by molar-refractivity contribution is 5.79. The van der Waals surface area contributed by atoms with Crippen LogP contribution in [-0.4, -0.2) is 45.7 Å². The standard InChI is InChI=1S/C24H24F2N6O/c1-30(23-27-11-8-22(33)29-23)18-9-12-31(13-10-18)24-28-20-4-2-3-5-21(20)32(24)15-16-6-7-17(25)14-19(16)26/h2-8,11,14,18H,9-10,12-13,15H2,1H3,(H,27,29,33). The predicted octanol–water partition coefficient (Wildman–Crippen LogP) is 3.55. The lowest BCUT2D eigenvalue weighted by molar-refractivity contribution is 0.469. The van der Waals surface area contributed by atoms with Gasteiger partial charge in [0.25, 0.3) is 5.56 Å². The lowest BCUT2D eigenvalue weighted by Gasteiger charge is -2.37. The molecule has 0 unspecified atom stereocenters. The first-order valence-electron chi connectivity index (χ1n) is 10.9. The molecule has 0 bridgehead atoms. The van der Waals surface area contributed by atoms with E-state index in [2.05, 4.69) is 14.9 Å². The number of halogens is 2. The van der Waals surface area contributed by atoms with E-state index in [9.17, 15) is 13.6 Å². The van der Waals surface area contributed by atoms with Crippen LogP contribution in [0, 0.1) is 11.6 Å². The molecule has 0 atom stereocenters. The molecule has 1 aliphatic rings. The van der Waals surface area contributed by atoms with Gasteiger partial charge in [-0.3, -0.25) is 9.78 Å². The maximum absolute atomic E-state index is 14.4. The molecule has 9 heteroatoms. The molecular weight excluding hydrogens is 426 g/mol. The number of nitrogens with one attached hydrogen (secondary N) is 1. The molecule has 2 aromatic heterocycles. The quantitative estimate of drug-likeness (QED) is 0.504. The monoisotopic (exact) mass is 450 g/mol. The van der Waals surface area contributed by atoms with Crippen LogP contribution < -0.4 is 15.4 Å². The Morgan fingerprint density at radius 2 is 1.91 bits per heavy atom. The van der Waals surface area contributed by atoms with Gasteiger partial charge in [-0.25, -0.2) is 18.7 Å². The van der Waals surface area contributed by atoms with Gasteiger partial charge in [0.2, 0.25) is 11.9 Å². The number of imidazole rings is 1. The Labute approximate surface area is 189 Å². The fourth-order valence-electron chi connectivity index (χ4n) is 4.45. The summed E-state index contributed by atoms with van der Waals surface area (Å²) >= 11 is 0. The van der Waals surface area contributed by atoms with Gasteiger partial charge >= 0.3 is 0 Å². The first-order valence-corrected chi connectivity index (χ1v) is 10.9. The van der Waals surface area contributed by atoms with E-state index < -0.39 is 11.6 Å². The molecule has 1 N–H and O–H groups in total. The summed E-state index contributed by atoms with van der Waals surface area (Å²) in [4.78, 5) is 27.7. The van der Waals surface area contributed by atoms with Crippen LogP contribution in [-0.2, 0) is 6.54 Å². The Balaban J connectivity index is 1.40. The van der Waals surface area contributed by atoms with Crippen molar-refractivity contribution in [2.45, 2.75) is 25.4 Å². The fourth-order valence-corrected chi connectivity index (χ4v) is 4.45. The summed E-state index contributed by atoms with van der Waals surface area (Å²) in [5.74, 6) is 0.170. The average Bonchev–Trinajstić information content (AvgIpc) is 3.19. The summed E-state index contributed by atoms with van der Waals surface area (Å²) in [5, 5.41) is 0. The molecule has 0 aliphatic carbocycles. The molecule has 1 aliphatic heterocycles. The third-order valence-electron chi connectivity index (χ3n) is 6.26. The van der Waals surface area contributed by atoms with Crippen molar-refractivity contribution >= 4 is 22.9 Å². The van der Waals surface area contributed by atoms with Gasteiger partial charge in [0.05, 0.1) is 17.6 Å². The highest BCUT2D eigenvalue weighted by atomic mass is 19.1. The zero-order chi connectivity index (χ0) is 22.9. The van der Waals surface area contributed by atoms with E-state index in [0.29, 0.717) is 11.5 Å². The number of anilines is 2. The van der Waals surface area contributed by atoms with Crippen molar-refractivity contribution in [1.29, 1.82) is 0 Å². The van der Waals surface area contributed by atoms with E-state index in [1.165, 1.54) is 24.4 Å². The third-order valence-corrected chi connectivity index (χ3v) is 6.26. The summed E-state index contributed by atoms with van der Waals surface area (Å²) in [6.45, 7) is 1.76. The normalized spacial score (nSPS) is 14.7. The highest BCUT2D eigenvalue weighted by Crippen LogP contribution is 2.28. The zero-order valence-electron chi connectivity index (χ0n) is 18.2. The van der Waals surface area contributed by atoms with Crippen molar-refractivity contribution in [2.24, 2.45) is 0 Å². The second-order valence-corrected chi connectivity index (χ2v) is 8.31. The lowest BCUT2D eigenvalue weighted by atomic mass is 10.0. The lowest BCUT2D eigenvalue weighted by Crippen LogP contribution is -2.45. The molecule has 0 amide bonds. The number of nitrogens with zero attached hydrogens (tertiary/aromatic N) is 5. The highest BCUT2D eigenvalue weighted by Gasteiger charge is 2.27. The van der Waals surface area contributed by atoms with E-state index >= 15 is 0 Å². The number of aromatic amines is 1. The van der Waals surface area contributed by atoms with Gasteiger partial charge in [0.1, 0.15) is 11.6 Å². The van der Waals surface area contributed by atoms with E-state index in [0.717, 1.165) is 49.0 Å². The van der Waals surface area contributed by atoms with Crippen LogP contribution >= 0.6 is 0 Å². The summed E-state index contributed by atoms with van der Waals surface area (Å²) in [6, 6.07) is 13.1. The maximum Gasteiger partial charge on any atom is 0.252 e. The SMILES string of the molecule is CN(c1nccc(=O)[nH]1)C1CCN(c2nc3ccccc3n2Cc2ccc(F)cc2F)CC1. The Kier molecular flexibility index (Phi) is 5.53. The minimum Gasteiger partial charge on any atom is -0.342 e. The molecule has 7 nitrogen and oxygen atoms in total. The zero-order valence-corrected chi connectivity index (χ0v) is 18.2. The average molecular weight is 450 g/mol. The molecule has 5 rings (SSSR count). The molecule has 33 heavy (non-hydrogen) atoms. The first kappa shape index (κ1) is 21.1. The van der Waals surface area contributed by atoms with Crippen LogP contribution in [0.3, 0.4) is 0 Å². The van der Waals surface area contributed by atoms with Gasteiger partial charge in [0.15, 0.2) is 0 Å². The van der Waals surface area contributed by atoms with E-state index in [1.807, 2.05) is 40.8 Å². The van der Waals surface area contributed by atoms with E-state index in [1.54, 1.807) is 0 Å². The first-order chi connectivity index (χ1) is 16.0. The number of hydrogen-bond donors (Lipinski definition) is 1. The largest absolute Gasteiger partial charge is 0.342 e. The van der Waals surface area contributed by atoms with E-state index in [4.69, 9.17) is 4.98 Å². The van der Waals surface area contributed by atoms with Crippen molar-refractivity contribution in [1.82, 2.24) is 19.5 Å². The van der Waals surface area contributed by atoms with Crippen molar-refractivity contribution in [3.05, 3.63) is 82.3 Å². The van der Waals surface area contributed by atoms with Gasteiger partial charge in [-0.15, -0.1) is 0 Å². The molecule has 1 fully saturated rings. The van der Waals surface area contributed by atoms with Crippen molar-refractivity contribution < 1.29 is 8.78 Å². The number of H-pyrrole nitrogens is 1. The Morgan fingerprint density at radius 1 is 1.12 bits per heavy atom. The van der Waals surface area contributed by atoms with Gasteiger partial charge in [-0.1, -0.05) is 18.2 Å². The van der Waals surface area contributed by atoms with Gasteiger partial charge in [-0.05, 0) is 31.0 Å². The molecule has 1 saturated heterocycles. The second kappa shape index (κ2) is 8.65. The minimum atomic E-state index is -0.590. The van der Waals surface area contributed by atoms with Gasteiger partial charge < -0.3 is 14.4 Å². The van der Waals surface area contributed by atoms with Crippen molar-refractivity contribution in [3.8, 4) is 0 Å². The second-order valence-electron chi connectivity index (χ2n) is 8.31. The van der Waals surface area contributed by atoms with Crippen LogP contribution in [0.4, 0.5) is 20.7 Å². The van der Waals surface area contributed by atoms with Crippen molar-refractivity contribution in [3.63, 3.8) is 0 Å². The van der Waals surface area contributed by atoms with Crippen LogP contribution in [0.2, 0.25) is 0 Å². The number of benzene rings is 2. The van der Waals surface area contributed by atoms with Gasteiger partial charge in [-0.2, -0.15) is 0 Å². The summed E-state index contributed by atoms with van der Waals surface area (Å²) in [5.41, 5.74) is 1.97. The predicted molar refractivity (Wildman–Crippen MR) is 124 cm³/mol. The Hall–Kier alpha value is -3.75. The topological polar surface area (TPSA) is 70.1 Å². The molecule has 2 aromatic carbocycles. The molecule has 0 radical (unpaired) electrons. The van der Waals surface area contributed by atoms with Crippen molar-refractivity contribution in [2.75, 3.05) is 29.9 Å². The number of aromatic nitrogens is 4. The number of fused-ring (bicyclic) bond motifs is 1. The molecule has 0 saturated carbocycles. The molecular formula is C24H24F2N6O. The van der Waals surface area contributed by atoms with Crippen LogP contribution in [0.25, 0.3) is 11.0 Å². The fraction of sp³-hybridized carbons (Fsp3) is 0.292. The Morgan fingerprint density at radius 3 is 2.67 bits per heavy atom. The minimum absolute atomic E-state index is 0.175. The summed E-state index contributed by atoms with van der Waals surface area (Å²) < 4.78 is 29.8. The summed E-state index contributed by atoms with van der Waals surface area (Å²) in [7, 11) is 1.94. The van der Waals surface area contributed by atoms with Gasteiger partial charge in [0, 0.05) is 50.1 Å². The molecule has 4 aromatic rings. The summed E-state index contributed by atoms with van der Waals surface area (Å²) in [6.07, 6.45) is 3.21. The third kappa shape index (κ3) is 4.18. The number of piperidine rings is 1. The maximum atomic E-state index is 14.4. The smallest absolute Gasteiger partial charge is 0.252 e. The number of para-hydroxylation sites is 2.